The van der Waals surface area contributed by atoms with E-state index in [0.717, 1.165) is 83.0 Å². The zero-order valence-electron chi connectivity index (χ0n) is 22.5. The number of halogens is 1. The predicted octanol–water partition coefficient (Wildman–Crippen LogP) is 4.18. The number of aromatic nitrogens is 1. The Labute approximate surface area is 243 Å². The van der Waals surface area contributed by atoms with Crippen molar-refractivity contribution in [3.8, 4) is 5.75 Å². The number of aromatic amines is 1. The molecule has 5 rings (SSSR count). The number of amides is 1. The third-order valence-corrected chi connectivity index (χ3v) is 9.52. The van der Waals surface area contributed by atoms with Crippen molar-refractivity contribution in [3.05, 3.63) is 97.6 Å². The number of nitrogens with two attached hydrogens (primary N) is 1. The topological polar surface area (TPSA) is 108 Å². The van der Waals surface area contributed by atoms with Crippen LogP contribution in [0.25, 0.3) is 10.2 Å². The fourth-order valence-electron chi connectivity index (χ4n) is 6.06. The highest BCUT2D eigenvalue weighted by molar-refractivity contribution is 7.16. The summed E-state index contributed by atoms with van der Waals surface area (Å²) < 4.78 is 1.63. The van der Waals surface area contributed by atoms with Crippen LogP contribution in [0.15, 0.2) is 65.5 Å². The van der Waals surface area contributed by atoms with E-state index in [2.05, 4.69) is 46.7 Å². The zero-order valence-corrected chi connectivity index (χ0v) is 24.1. The average molecular weight is 580 g/mol. The van der Waals surface area contributed by atoms with Crippen LogP contribution in [0, 0.1) is 0 Å². The van der Waals surface area contributed by atoms with Crippen LogP contribution in [0.5, 0.6) is 5.75 Å². The number of rotatable bonds is 13. The van der Waals surface area contributed by atoms with E-state index in [9.17, 15) is 14.7 Å². The number of carbonyl (C=O) groups is 1. The molecule has 7 nitrogen and oxygen atoms in total. The Morgan fingerprint density at radius 2 is 1.73 bits per heavy atom. The van der Waals surface area contributed by atoms with Gasteiger partial charge in [-0.25, -0.2) is 0 Å². The van der Waals surface area contributed by atoms with Gasteiger partial charge in [-0.1, -0.05) is 65.4 Å². The second kappa shape index (κ2) is 12.6. The molecular formula is C31H36ClN4O3S+. The lowest BCUT2D eigenvalue weighted by atomic mass is 10.0. The molecule has 0 saturated carbocycles. The Balaban J connectivity index is 1.31. The number of benzene rings is 3. The number of primary amides is 1. The van der Waals surface area contributed by atoms with Gasteiger partial charge >= 0.3 is 4.87 Å². The minimum atomic E-state index is -0.265. The molecule has 1 heterocycles. The first-order valence-electron chi connectivity index (χ1n) is 13.8. The van der Waals surface area contributed by atoms with Gasteiger partial charge in [0.2, 0.25) is 5.91 Å². The maximum absolute atomic E-state index is 12.0. The number of nitrogens with zero attached hydrogens (tertiary/aromatic N) is 1. The number of fused-ring (bicyclic) bond motifs is 2. The van der Waals surface area contributed by atoms with E-state index in [0.29, 0.717) is 24.5 Å². The first kappa shape index (κ1) is 28.4. The molecule has 1 amide bonds. The minimum absolute atomic E-state index is 0.0971. The second-order valence-electron chi connectivity index (χ2n) is 10.8. The minimum Gasteiger partial charge on any atom is -0.506 e. The molecule has 0 radical (unpaired) electrons. The number of thiazole rings is 1. The second-order valence-corrected chi connectivity index (χ2v) is 12.2. The van der Waals surface area contributed by atoms with Gasteiger partial charge in [0.25, 0.3) is 0 Å². The number of carbonyl (C=O) groups excluding carboxylic acids is 1. The van der Waals surface area contributed by atoms with Gasteiger partial charge in [-0.15, -0.1) is 0 Å². The number of aromatic hydroxyl groups is 1. The molecule has 0 aliphatic heterocycles. The molecule has 1 atom stereocenters. The number of quaternary nitrogens is 1. The molecule has 9 heteroatoms. The molecule has 3 aromatic carbocycles. The Bertz CT molecular complexity index is 1510. The summed E-state index contributed by atoms with van der Waals surface area (Å²) in [5, 5.41) is 14.4. The third kappa shape index (κ3) is 6.58. The molecule has 5 N–H and O–H groups in total. The number of H-pyrrole nitrogens is 1. The summed E-state index contributed by atoms with van der Waals surface area (Å²) in [5.74, 6) is -0.167. The number of phenols is 1. The van der Waals surface area contributed by atoms with Crippen LogP contribution in [0.2, 0.25) is 5.02 Å². The van der Waals surface area contributed by atoms with Gasteiger partial charge in [-0.3, -0.25) is 9.59 Å². The van der Waals surface area contributed by atoms with Gasteiger partial charge in [-0.2, -0.15) is 0 Å². The fourth-order valence-corrected chi connectivity index (χ4v) is 7.08. The summed E-state index contributed by atoms with van der Waals surface area (Å²) in [5.41, 5.74) is 11.3. The summed E-state index contributed by atoms with van der Waals surface area (Å²) in [7, 11) is 0. The normalized spacial score (nSPS) is 14.8. The van der Waals surface area contributed by atoms with Crippen molar-refractivity contribution in [3.63, 3.8) is 0 Å². The first-order valence-corrected chi connectivity index (χ1v) is 15.0. The van der Waals surface area contributed by atoms with E-state index in [1.807, 2.05) is 18.2 Å². The fraction of sp³-hybridized carbons (Fsp3) is 0.355. The van der Waals surface area contributed by atoms with Crippen molar-refractivity contribution >= 4 is 39.1 Å². The van der Waals surface area contributed by atoms with E-state index < -0.39 is 0 Å². The van der Waals surface area contributed by atoms with Crippen LogP contribution in [-0.2, 0) is 30.5 Å². The van der Waals surface area contributed by atoms with Gasteiger partial charge in [0, 0.05) is 30.8 Å². The van der Waals surface area contributed by atoms with Crippen LogP contribution in [-0.4, -0.2) is 59.2 Å². The molecule has 1 unspecified atom stereocenters. The van der Waals surface area contributed by atoms with Crippen molar-refractivity contribution in [1.29, 1.82) is 0 Å². The molecular weight excluding hydrogens is 544 g/mol. The molecule has 0 fully saturated rings. The van der Waals surface area contributed by atoms with E-state index in [4.69, 9.17) is 17.3 Å². The Morgan fingerprint density at radius 3 is 2.42 bits per heavy atom. The van der Waals surface area contributed by atoms with Gasteiger partial charge < -0.3 is 25.6 Å². The maximum atomic E-state index is 12.0. The molecule has 210 valence electrons. The Kier molecular flexibility index (Phi) is 8.90. The lowest BCUT2D eigenvalue weighted by molar-refractivity contribution is -0.948. The van der Waals surface area contributed by atoms with E-state index >= 15 is 0 Å². The Morgan fingerprint density at radius 1 is 1.00 bits per heavy atom. The summed E-state index contributed by atoms with van der Waals surface area (Å²) in [6.07, 6.45) is 3.97. The van der Waals surface area contributed by atoms with Crippen molar-refractivity contribution < 1.29 is 14.4 Å². The van der Waals surface area contributed by atoms with Crippen LogP contribution in [0.3, 0.4) is 0 Å². The maximum Gasteiger partial charge on any atom is 0.305 e. The van der Waals surface area contributed by atoms with Crippen molar-refractivity contribution in [1.82, 2.24) is 10.3 Å². The summed E-state index contributed by atoms with van der Waals surface area (Å²) in [4.78, 5) is 26.4. The molecule has 1 aliphatic carbocycles. The lowest BCUT2D eigenvalue weighted by Crippen LogP contribution is -2.60. The van der Waals surface area contributed by atoms with Crippen molar-refractivity contribution in [2.45, 2.75) is 38.1 Å². The van der Waals surface area contributed by atoms with Crippen molar-refractivity contribution in [2.75, 3.05) is 32.7 Å². The van der Waals surface area contributed by atoms with Crippen LogP contribution < -0.4 is 15.9 Å². The standard InChI is InChI=1S/C31H35ClN4O3S/c32-25-8-5-21(6-9-25)12-16-36(17-13-28(33)38,26-19-23-3-1-2-4-24(23)20-26)18-15-34-14-11-22-7-10-27(37)29-30(22)40-31(39)35-29/h1-10,26,34H,11-20H2,(H3-,33,35,37,38,39)/p+1. The Hall–Kier alpha value is -3.17. The largest absolute Gasteiger partial charge is 0.506 e. The highest BCUT2D eigenvalue weighted by atomic mass is 35.5. The van der Waals surface area contributed by atoms with Crippen LogP contribution in [0.4, 0.5) is 0 Å². The number of phenolic OH excluding ortho intramolecular Hbond substituents is 1. The summed E-state index contributed by atoms with van der Waals surface area (Å²) in [6, 6.07) is 20.6. The smallest absolute Gasteiger partial charge is 0.305 e. The monoisotopic (exact) mass is 579 g/mol. The van der Waals surface area contributed by atoms with E-state index in [1.54, 1.807) is 6.07 Å². The molecule has 0 spiro atoms. The average Bonchev–Trinajstić information content (AvgIpc) is 3.56. The number of hydrogen-bond donors (Lipinski definition) is 4. The van der Waals surface area contributed by atoms with Gasteiger partial charge in [0.05, 0.1) is 36.8 Å². The summed E-state index contributed by atoms with van der Waals surface area (Å²) in [6.45, 7) is 4.02. The third-order valence-electron chi connectivity index (χ3n) is 8.31. The van der Waals surface area contributed by atoms with Gasteiger partial charge in [-0.05, 0) is 53.4 Å². The van der Waals surface area contributed by atoms with E-state index in [1.165, 1.54) is 16.7 Å². The molecule has 1 aliphatic rings. The summed E-state index contributed by atoms with van der Waals surface area (Å²) >= 11 is 7.26. The zero-order chi connectivity index (χ0) is 28.1. The quantitative estimate of drug-likeness (QED) is 0.141. The highest BCUT2D eigenvalue weighted by Crippen LogP contribution is 2.31. The van der Waals surface area contributed by atoms with E-state index in [-0.39, 0.29) is 16.5 Å². The van der Waals surface area contributed by atoms with Crippen molar-refractivity contribution in [2.24, 2.45) is 5.73 Å². The molecule has 0 saturated heterocycles. The van der Waals surface area contributed by atoms with Gasteiger partial charge in [0.15, 0.2) is 0 Å². The van der Waals surface area contributed by atoms with Crippen LogP contribution >= 0.6 is 22.9 Å². The predicted molar refractivity (Wildman–Crippen MR) is 162 cm³/mol. The SMILES string of the molecule is NC(=O)CC[N+](CCNCCc1ccc(O)c2[nH]c(=O)sc12)(CCc1ccc(Cl)cc1)C1Cc2ccccc2C1. The highest BCUT2D eigenvalue weighted by Gasteiger charge is 2.40. The molecule has 40 heavy (non-hydrogen) atoms. The first-order chi connectivity index (χ1) is 19.3. The number of nitrogens with one attached hydrogen (secondary N) is 2. The molecule has 0 bridgehead atoms. The number of hydrogen-bond acceptors (Lipinski definition) is 5. The lowest BCUT2D eigenvalue weighted by Gasteiger charge is -2.44. The van der Waals surface area contributed by atoms with Gasteiger partial charge in [0.1, 0.15) is 11.3 Å². The molecule has 1 aromatic heterocycles. The molecule has 4 aromatic rings. The van der Waals surface area contributed by atoms with Crippen LogP contribution in [0.1, 0.15) is 28.7 Å².